The first-order valence-corrected chi connectivity index (χ1v) is 4.17. The fourth-order valence-electron chi connectivity index (χ4n) is 1.23. The number of ether oxygens (including phenoxy) is 1. The molecule has 0 atom stereocenters. The number of halogens is 1. The third-order valence-electron chi connectivity index (χ3n) is 1.90. The molecule has 1 rings (SSSR count). The number of unbranched alkanes of at least 4 members (excludes halogenated alkanes) is 1. The monoisotopic (exact) mass is 189 g/mol. The van der Waals surface area contributed by atoms with Crippen molar-refractivity contribution in [3.8, 4) is 12.3 Å². The first-order valence-electron chi connectivity index (χ1n) is 4.17. The van der Waals surface area contributed by atoms with Crippen molar-refractivity contribution in [3.63, 3.8) is 0 Å². The summed E-state index contributed by atoms with van der Waals surface area (Å²) in [6.45, 7) is 5.05. The van der Waals surface area contributed by atoms with E-state index >= 15 is 0 Å². The molecular formula is C9H16ClNO. The Morgan fingerprint density at radius 1 is 1.33 bits per heavy atom. The standard InChI is InChI=1S/C9H15NO.ClH/c1-2-3-4-5-10-6-8-11-9-7-10;/h1H,3-9H2;1H. The molecule has 0 spiro atoms. The van der Waals surface area contributed by atoms with Crippen molar-refractivity contribution in [1.29, 1.82) is 0 Å². The van der Waals surface area contributed by atoms with Gasteiger partial charge in [0.25, 0.3) is 0 Å². The molecule has 0 aliphatic carbocycles. The highest BCUT2D eigenvalue weighted by Gasteiger charge is 2.08. The summed E-state index contributed by atoms with van der Waals surface area (Å²) in [7, 11) is 0. The fourth-order valence-corrected chi connectivity index (χ4v) is 1.23. The van der Waals surface area contributed by atoms with E-state index in [1.165, 1.54) is 0 Å². The highest BCUT2D eigenvalue weighted by atomic mass is 35.5. The zero-order chi connectivity index (χ0) is 7.94. The van der Waals surface area contributed by atoms with Gasteiger partial charge < -0.3 is 4.74 Å². The topological polar surface area (TPSA) is 12.5 Å². The van der Waals surface area contributed by atoms with E-state index in [0.717, 1.165) is 45.7 Å². The van der Waals surface area contributed by atoms with E-state index < -0.39 is 0 Å². The molecule has 70 valence electrons. The average Bonchev–Trinajstić information content (AvgIpc) is 2.07. The minimum atomic E-state index is 0. The summed E-state index contributed by atoms with van der Waals surface area (Å²) in [6.07, 6.45) is 7.17. The van der Waals surface area contributed by atoms with Gasteiger partial charge >= 0.3 is 0 Å². The minimum absolute atomic E-state index is 0. The molecular weight excluding hydrogens is 174 g/mol. The number of terminal acetylenes is 1. The second-order valence-corrected chi connectivity index (χ2v) is 2.76. The van der Waals surface area contributed by atoms with Crippen LogP contribution in [0.15, 0.2) is 0 Å². The average molecular weight is 190 g/mol. The van der Waals surface area contributed by atoms with E-state index in [2.05, 4.69) is 10.8 Å². The first kappa shape index (κ1) is 11.8. The number of hydrogen-bond acceptors (Lipinski definition) is 2. The Morgan fingerprint density at radius 2 is 2.00 bits per heavy atom. The zero-order valence-electron chi connectivity index (χ0n) is 7.29. The van der Waals surface area contributed by atoms with Gasteiger partial charge in [-0.3, -0.25) is 4.90 Å². The molecule has 1 heterocycles. The van der Waals surface area contributed by atoms with Crippen LogP contribution in [-0.4, -0.2) is 37.7 Å². The van der Waals surface area contributed by atoms with Gasteiger partial charge in [0.2, 0.25) is 0 Å². The van der Waals surface area contributed by atoms with E-state index in [1.54, 1.807) is 0 Å². The lowest BCUT2D eigenvalue weighted by Crippen LogP contribution is -2.36. The van der Waals surface area contributed by atoms with Crippen molar-refractivity contribution in [1.82, 2.24) is 4.90 Å². The third-order valence-corrected chi connectivity index (χ3v) is 1.90. The van der Waals surface area contributed by atoms with Crippen LogP contribution >= 0.6 is 12.4 Å². The van der Waals surface area contributed by atoms with Gasteiger partial charge in [-0.15, -0.1) is 24.8 Å². The summed E-state index contributed by atoms with van der Waals surface area (Å²) in [5.41, 5.74) is 0. The number of hydrogen-bond donors (Lipinski definition) is 0. The van der Waals surface area contributed by atoms with Gasteiger partial charge in [0, 0.05) is 19.5 Å². The van der Waals surface area contributed by atoms with Crippen molar-refractivity contribution in [2.24, 2.45) is 0 Å². The maximum absolute atomic E-state index is 5.22. The van der Waals surface area contributed by atoms with Crippen LogP contribution in [0.3, 0.4) is 0 Å². The second-order valence-electron chi connectivity index (χ2n) is 2.76. The lowest BCUT2D eigenvalue weighted by molar-refractivity contribution is 0.0376. The van der Waals surface area contributed by atoms with E-state index in [0.29, 0.717) is 0 Å². The van der Waals surface area contributed by atoms with Crippen LogP contribution in [0.5, 0.6) is 0 Å². The Hall–Kier alpha value is -0.230. The molecule has 3 heteroatoms. The third kappa shape index (κ3) is 4.61. The predicted octanol–water partition coefficient (Wildman–Crippen LogP) is 1.15. The van der Waals surface area contributed by atoms with E-state index in [4.69, 9.17) is 11.2 Å². The molecule has 2 nitrogen and oxygen atoms in total. The van der Waals surface area contributed by atoms with E-state index in [-0.39, 0.29) is 12.4 Å². The lowest BCUT2D eigenvalue weighted by Gasteiger charge is -2.26. The van der Waals surface area contributed by atoms with Crippen molar-refractivity contribution < 1.29 is 4.74 Å². The molecule has 12 heavy (non-hydrogen) atoms. The van der Waals surface area contributed by atoms with Crippen LogP contribution in [0.1, 0.15) is 12.8 Å². The fraction of sp³-hybridized carbons (Fsp3) is 0.778. The quantitative estimate of drug-likeness (QED) is 0.488. The number of rotatable bonds is 3. The highest BCUT2D eigenvalue weighted by molar-refractivity contribution is 5.85. The summed E-state index contributed by atoms with van der Waals surface area (Å²) in [5, 5.41) is 0. The number of morpholine rings is 1. The first-order chi connectivity index (χ1) is 5.43. The second kappa shape index (κ2) is 7.42. The largest absolute Gasteiger partial charge is 0.379 e. The summed E-state index contributed by atoms with van der Waals surface area (Å²) in [4.78, 5) is 2.40. The van der Waals surface area contributed by atoms with Gasteiger partial charge in [0.1, 0.15) is 0 Å². The maximum Gasteiger partial charge on any atom is 0.0594 e. The zero-order valence-corrected chi connectivity index (χ0v) is 8.11. The van der Waals surface area contributed by atoms with Gasteiger partial charge in [-0.1, -0.05) is 0 Å². The molecule has 1 saturated heterocycles. The Bertz CT molecular complexity index is 138. The Balaban J connectivity index is 0.00000121. The summed E-state index contributed by atoms with van der Waals surface area (Å²) < 4.78 is 5.22. The van der Waals surface area contributed by atoms with Crippen LogP contribution in [-0.2, 0) is 4.74 Å². The molecule has 0 aromatic rings. The van der Waals surface area contributed by atoms with Crippen molar-refractivity contribution in [3.05, 3.63) is 0 Å². The smallest absolute Gasteiger partial charge is 0.0594 e. The van der Waals surface area contributed by atoms with Crippen molar-refractivity contribution >= 4 is 12.4 Å². The molecule has 0 bridgehead atoms. The number of nitrogens with zero attached hydrogens (tertiary/aromatic N) is 1. The van der Waals surface area contributed by atoms with E-state index in [9.17, 15) is 0 Å². The van der Waals surface area contributed by atoms with Crippen LogP contribution in [0.4, 0.5) is 0 Å². The van der Waals surface area contributed by atoms with Crippen molar-refractivity contribution in [2.45, 2.75) is 12.8 Å². The predicted molar refractivity (Wildman–Crippen MR) is 52.6 cm³/mol. The summed E-state index contributed by atoms with van der Waals surface area (Å²) in [6, 6.07) is 0. The minimum Gasteiger partial charge on any atom is -0.379 e. The molecule has 0 amide bonds. The molecule has 0 radical (unpaired) electrons. The van der Waals surface area contributed by atoms with Gasteiger partial charge in [0.05, 0.1) is 13.2 Å². The summed E-state index contributed by atoms with van der Waals surface area (Å²) >= 11 is 0. The van der Waals surface area contributed by atoms with Crippen LogP contribution in [0.25, 0.3) is 0 Å². The highest BCUT2D eigenvalue weighted by Crippen LogP contribution is 1.98. The molecule has 1 fully saturated rings. The van der Waals surface area contributed by atoms with Crippen molar-refractivity contribution in [2.75, 3.05) is 32.8 Å². The molecule has 0 aromatic carbocycles. The maximum atomic E-state index is 5.22. The normalized spacial score (nSPS) is 17.9. The van der Waals surface area contributed by atoms with E-state index in [1.807, 2.05) is 0 Å². The molecule has 1 aliphatic heterocycles. The van der Waals surface area contributed by atoms with Crippen LogP contribution < -0.4 is 0 Å². The Morgan fingerprint density at radius 3 is 2.58 bits per heavy atom. The van der Waals surface area contributed by atoms with Gasteiger partial charge in [-0.2, -0.15) is 0 Å². The van der Waals surface area contributed by atoms with Gasteiger partial charge in [-0.25, -0.2) is 0 Å². The Labute approximate surface area is 80.7 Å². The van der Waals surface area contributed by atoms with Gasteiger partial charge in [-0.05, 0) is 13.0 Å². The molecule has 0 unspecified atom stereocenters. The molecule has 0 saturated carbocycles. The molecule has 0 aromatic heterocycles. The molecule has 0 N–H and O–H groups in total. The van der Waals surface area contributed by atoms with Crippen LogP contribution in [0.2, 0.25) is 0 Å². The summed E-state index contributed by atoms with van der Waals surface area (Å²) in [5.74, 6) is 2.65. The Kier molecular flexibility index (Phi) is 7.28. The SMILES string of the molecule is C#CCCCN1CCOCC1.Cl. The lowest BCUT2D eigenvalue weighted by atomic mass is 10.3. The van der Waals surface area contributed by atoms with Gasteiger partial charge in [0.15, 0.2) is 0 Å². The molecule has 1 aliphatic rings. The van der Waals surface area contributed by atoms with Crippen LogP contribution in [0, 0.1) is 12.3 Å².